The molecule has 2 aromatic rings. The summed E-state index contributed by atoms with van der Waals surface area (Å²) in [6.07, 6.45) is 0.477. The lowest BCUT2D eigenvalue weighted by Crippen LogP contribution is -2.08. The zero-order chi connectivity index (χ0) is 14.5. The molecular formula is C13H13FN4O2. The summed E-state index contributed by atoms with van der Waals surface area (Å²) in [6.45, 7) is 0.450. The van der Waals surface area contributed by atoms with Crippen LogP contribution in [0.25, 0.3) is 0 Å². The maximum Gasteiger partial charge on any atom is 0.311 e. The lowest BCUT2D eigenvalue weighted by atomic mass is 10.1. The fourth-order valence-electron chi connectivity index (χ4n) is 1.75. The predicted octanol–water partition coefficient (Wildman–Crippen LogP) is 2.37. The molecule has 0 bridgehead atoms. The number of nitro groups is 1. The molecule has 0 aliphatic carbocycles. The molecule has 0 aliphatic heterocycles. The smallest absolute Gasteiger partial charge is 0.311 e. The van der Waals surface area contributed by atoms with E-state index in [2.05, 4.69) is 10.3 Å². The Bertz CT molecular complexity index is 634. The molecule has 0 spiro atoms. The molecule has 6 nitrogen and oxygen atoms in total. The highest BCUT2D eigenvalue weighted by molar-refractivity contribution is 5.57. The minimum absolute atomic E-state index is 0.147. The van der Waals surface area contributed by atoms with Crippen molar-refractivity contribution in [2.24, 2.45) is 0 Å². The summed E-state index contributed by atoms with van der Waals surface area (Å²) in [5.74, 6) is 0.0146. The van der Waals surface area contributed by atoms with E-state index in [4.69, 9.17) is 5.73 Å². The number of nitrogen functional groups attached to an aromatic ring is 1. The van der Waals surface area contributed by atoms with Crippen LogP contribution in [0.5, 0.6) is 0 Å². The van der Waals surface area contributed by atoms with E-state index >= 15 is 0 Å². The normalized spacial score (nSPS) is 10.2. The lowest BCUT2D eigenvalue weighted by molar-refractivity contribution is -0.384. The van der Waals surface area contributed by atoms with Crippen molar-refractivity contribution in [3.63, 3.8) is 0 Å². The number of nitrogens with two attached hydrogens (primary N) is 1. The van der Waals surface area contributed by atoms with Gasteiger partial charge in [0.05, 0.1) is 4.92 Å². The van der Waals surface area contributed by atoms with Gasteiger partial charge < -0.3 is 11.1 Å². The highest BCUT2D eigenvalue weighted by atomic mass is 19.1. The largest absolute Gasteiger partial charge is 0.378 e. The molecule has 0 radical (unpaired) electrons. The van der Waals surface area contributed by atoms with Gasteiger partial charge in [-0.15, -0.1) is 0 Å². The Morgan fingerprint density at radius 3 is 2.70 bits per heavy atom. The van der Waals surface area contributed by atoms with Gasteiger partial charge in [0.2, 0.25) is 5.82 Å². The summed E-state index contributed by atoms with van der Waals surface area (Å²) < 4.78 is 13.4. The Morgan fingerprint density at radius 2 is 2.05 bits per heavy atom. The standard InChI is InChI=1S/C13H13FN4O2/c14-10-4-2-1-3-9(10)7-8-16-12-6-5-11(18(19)20)13(15)17-12/h1-6H,7-8H2,(H3,15,16,17). The van der Waals surface area contributed by atoms with Crippen LogP contribution in [0, 0.1) is 15.9 Å². The quantitative estimate of drug-likeness (QED) is 0.645. The van der Waals surface area contributed by atoms with E-state index in [-0.39, 0.29) is 17.3 Å². The summed E-state index contributed by atoms with van der Waals surface area (Å²) in [6, 6.07) is 9.25. The van der Waals surface area contributed by atoms with E-state index in [0.717, 1.165) is 0 Å². The first-order chi connectivity index (χ1) is 9.58. The molecule has 0 fully saturated rings. The van der Waals surface area contributed by atoms with E-state index in [9.17, 15) is 14.5 Å². The zero-order valence-corrected chi connectivity index (χ0v) is 10.5. The molecule has 1 aromatic carbocycles. The second-order valence-electron chi connectivity index (χ2n) is 4.13. The Kier molecular flexibility index (Phi) is 4.09. The van der Waals surface area contributed by atoms with Gasteiger partial charge in [-0.1, -0.05) is 18.2 Å². The summed E-state index contributed by atoms with van der Waals surface area (Å²) in [5.41, 5.74) is 5.84. The summed E-state index contributed by atoms with van der Waals surface area (Å²) in [5, 5.41) is 13.5. The molecule has 3 N–H and O–H groups in total. The van der Waals surface area contributed by atoms with E-state index in [1.165, 1.54) is 18.2 Å². The molecule has 2 rings (SSSR count). The summed E-state index contributed by atoms with van der Waals surface area (Å²) >= 11 is 0. The third kappa shape index (κ3) is 3.19. The Labute approximate surface area is 114 Å². The number of rotatable bonds is 5. The van der Waals surface area contributed by atoms with Crippen molar-refractivity contribution in [2.45, 2.75) is 6.42 Å². The first kappa shape index (κ1) is 13.7. The monoisotopic (exact) mass is 276 g/mol. The van der Waals surface area contributed by atoms with Crippen LogP contribution < -0.4 is 11.1 Å². The molecule has 1 heterocycles. The molecule has 0 amide bonds. The number of hydrogen-bond donors (Lipinski definition) is 2. The first-order valence-corrected chi connectivity index (χ1v) is 5.96. The van der Waals surface area contributed by atoms with E-state index < -0.39 is 4.92 Å². The van der Waals surface area contributed by atoms with Crippen LogP contribution in [0.1, 0.15) is 5.56 Å². The topological polar surface area (TPSA) is 94.1 Å². The van der Waals surface area contributed by atoms with Gasteiger partial charge >= 0.3 is 5.69 Å². The first-order valence-electron chi connectivity index (χ1n) is 5.96. The Hall–Kier alpha value is -2.70. The number of benzene rings is 1. The third-order valence-corrected chi connectivity index (χ3v) is 2.76. The maximum absolute atomic E-state index is 13.4. The highest BCUT2D eigenvalue weighted by Gasteiger charge is 2.12. The van der Waals surface area contributed by atoms with Gasteiger partial charge in [-0.2, -0.15) is 0 Å². The van der Waals surface area contributed by atoms with E-state index in [1.54, 1.807) is 18.2 Å². The number of hydrogen-bond acceptors (Lipinski definition) is 5. The zero-order valence-electron chi connectivity index (χ0n) is 10.5. The van der Waals surface area contributed by atoms with Gasteiger partial charge in [-0.3, -0.25) is 10.1 Å². The molecule has 0 unspecified atom stereocenters. The molecule has 0 aliphatic rings. The van der Waals surface area contributed by atoms with Crippen LogP contribution in [0.2, 0.25) is 0 Å². The number of aromatic nitrogens is 1. The number of halogens is 1. The molecule has 0 atom stereocenters. The van der Waals surface area contributed by atoms with Crippen LogP contribution in [-0.2, 0) is 6.42 Å². The van der Waals surface area contributed by atoms with Gasteiger partial charge in [0.25, 0.3) is 0 Å². The maximum atomic E-state index is 13.4. The minimum atomic E-state index is -0.592. The Morgan fingerprint density at radius 1 is 1.30 bits per heavy atom. The van der Waals surface area contributed by atoms with Crippen LogP contribution in [0.3, 0.4) is 0 Å². The highest BCUT2D eigenvalue weighted by Crippen LogP contribution is 2.20. The van der Waals surface area contributed by atoms with Crippen molar-refractivity contribution in [1.82, 2.24) is 4.98 Å². The van der Waals surface area contributed by atoms with E-state index in [1.807, 2.05) is 0 Å². The fourth-order valence-corrected chi connectivity index (χ4v) is 1.75. The average Bonchev–Trinajstić information content (AvgIpc) is 2.40. The van der Waals surface area contributed by atoms with Crippen LogP contribution in [0.4, 0.5) is 21.7 Å². The van der Waals surface area contributed by atoms with Crippen molar-refractivity contribution < 1.29 is 9.31 Å². The number of anilines is 2. The Balaban J connectivity index is 1.97. The second-order valence-corrected chi connectivity index (χ2v) is 4.13. The van der Waals surface area contributed by atoms with Gasteiger partial charge in [-0.25, -0.2) is 9.37 Å². The van der Waals surface area contributed by atoms with Crippen LogP contribution in [0.15, 0.2) is 36.4 Å². The molecular weight excluding hydrogens is 263 g/mol. The van der Waals surface area contributed by atoms with Gasteiger partial charge in [-0.05, 0) is 24.1 Å². The van der Waals surface area contributed by atoms with Crippen molar-refractivity contribution in [2.75, 3.05) is 17.6 Å². The number of nitrogens with zero attached hydrogens (tertiary/aromatic N) is 2. The third-order valence-electron chi connectivity index (χ3n) is 2.76. The van der Waals surface area contributed by atoms with Crippen molar-refractivity contribution >= 4 is 17.3 Å². The minimum Gasteiger partial charge on any atom is -0.378 e. The summed E-state index contributed by atoms with van der Waals surface area (Å²) in [7, 11) is 0. The molecule has 0 saturated carbocycles. The van der Waals surface area contributed by atoms with Crippen LogP contribution in [-0.4, -0.2) is 16.5 Å². The average molecular weight is 276 g/mol. The predicted molar refractivity (Wildman–Crippen MR) is 73.9 cm³/mol. The number of nitrogens with one attached hydrogen (secondary N) is 1. The van der Waals surface area contributed by atoms with Crippen molar-refractivity contribution in [1.29, 1.82) is 0 Å². The van der Waals surface area contributed by atoms with Crippen LogP contribution >= 0.6 is 0 Å². The fraction of sp³-hybridized carbons (Fsp3) is 0.154. The van der Waals surface area contributed by atoms with Gasteiger partial charge in [0.1, 0.15) is 11.6 Å². The van der Waals surface area contributed by atoms with Crippen molar-refractivity contribution in [3.05, 3.63) is 57.9 Å². The molecule has 1 aromatic heterocycles. The number of pyridine rings is 1. The molecule has 0 saturated heterocycles. The summed E-state index contributed by atoms with van der Waals surface area (Å²) in [4.78, 5) is 13.9. The SMILES string of the molecule is Nc1nc(NCCc2ccccc2F)ccc1[N+](=O)[O-]. The molecule has 7 heteroatoms. The van der Waals surface area contributed by atoms with Gasteiger partial charge in [0.15, 0.2) is 0 Å². The molecule has 20 heavy (non-hydrogen) atoms. The van der Waals surface area contributed by atoms with Gasteiger partial charge in [0, 0.05) is 12.6 Å². The molecule has 104 valence electrons. The van der Waals surface area contributed by atoms with E-state index in [0.29, 0.717) is 24.3 Å². The lowest BCUT2D eigenvalue weighted by Gasteiger charge is -2.07. The second kappa shape index (κ2) is 5.96. The van der Waals surface area contributed by atoms with Crippen molar-refractivity contribution in [3.8, 4) is 0 Å².